The lowest BCUT2D eigenvalue weighted by molar-refractivity contribution is -0.113. The number of hydrogen-bond acceptors (Lipinski definition) is 3. The minimum atomic E-state index is -0.186. The molecule has 1 aliphatic rings. The average Bonchev–Trinajstić information content (AvgIpc) is 2.28. The third-order valence-electron chi connectivity index (χ3n) is 2.67. The van der Waals surface area contributed by atoms with Crippen LogP contribution in [0.1, 0.15) is 5.56 Å². The Bertz CT molecular complexity index is 383. The molecule has 1 fully saturated rings. The van der Waals surface area contributed by atoms with Gasteiger partial charge in [-0.2, -0.15) is 0 Å². The SMILES string of the molecule is O=CC1CO[C@H](Cc2cc(Cl)cc(Cl)c2)CN1. The Labute approximate surface area is 110 Å². The maximum atomic E-state index is 10.5. The van der Waals surface area contributed by atoms with Gasteiger partial charge in [0.05, 0.1) is 18.8 Å². The zero-order valence-corrected chi connectivity index (χ0v) is 10.7. The highest BCUT2D eigenvalue weighted by Crippen LogP contribution is 2.20. The molecule has 0 amide bonds. The van der Waals surface area contributed by atoms with Crippen LogP contribution in [0, 0.1) is 0 Å². The Morgan fingerprint density at radius 3 is 2.59 bits per heavy atom. The number of hydrogen-bond donors (Lipinski definition) is 1. The van der Waals surface area contributed by atoms with E-state index in [-0.39, 0.29) is 12.1 Å². The van der Waals surface area contributed by atoms with E-state index in [9.17, 15) is 4.79 Å². The van der Waals surface area contributed by atoms with Crippen LogP contribution in [-0.4, -0.2) is 31.6 Å². The van der Waals surface area contributed by atoms with Crippen molar-refractivity contribution in [1.29, 1.82) is 0 Å². The molecule has 1 aliphatic heterocycles. The van der Waals surface area contributed by atoms with Gasteiger partial charge in [-0.15, -0.1) is 0 Å². The summed E-state index contributed by atoms with van der Waals surface area (Å²) in [4.78, 5) is 10.5. The van der Waals surface area contributed by atoms with Gasteiger partial charge in [-0.3, -0.25) is 0 Å². The van der Waals surface area contributed by atoms with Gasteiger partial charge in [0, 0.05) is 16.6 Å². The van der Waals surface area contributed by atoms with Crippen LogP contribution in [-0.2, 0) is 16.0 Å². The summed E-state index contributed by atoms with van der Waals surface area (Å²) in [5.41, 5.74) is 1.04. The van der Waals surface area contributed by atoms with Crippen LogP contribution in [0.3, 0.4) is 0 Å². The molecule has 3 nitrogen and oxygen atoms in total. The molecule has 1 aromatic carbocycles. The van der Waals surface area contributed by atoms with Crippen molar-refractivity contribution in [2.45, 2.75) is 18.6 Å². The lowest BCUT2D eigenvalue weighted by atomic mass is 10.1. The molecule has 1 unspecified atom stereocenters. The van der Waals surface area contributed by atoms with E-state index in [0.29, 0.717) is 23.2 Å². The number of halogens is 2. The highest BCUT2D eigenvalue weighted by Gasteiger charge is 2.20. The molecular weight excluding hydrogens is 261 g/mol. The van der Waals surface area contributed by atoms with E-state index in [1.54, 1.807) is 6.07 Å². The molecule has 2 atom stereocenters. The van der Waals surface area contributed by atoms with Gasteiger partial charge in [0.15, 0.2) is 0 Å². The van der Waals surface area contributed by atoms with Gasteiger partial charge < -0.3 is 14.8 Å². The average molecular weight is 274 g/mol. The number of morpholine rings is 1. The van der Waals surface area contributed by atoms with Crippen molar-refractivity contribution in [2.75, 3.05) is 13.2 Å². The van der Waals surface area contributed by atoms with Crippen molar-refractivity contribution >= 4 is 29.5 Å². The number of ether oxygens (including phenoxy) is 1. The highest BCUT2D eigenvalue weighted by molar-refractivity contribution is 6.34. The third-order valence-corrected chi connectivity index (χ3v) is 3.11. The van der Waals surface area contributed by atoms with E-state index in [1.165, 1.54) is 0 Å². The summed E-state index contributed by atoms with van der Waals surface area (Å²) < 4.78 is 5.59. The van der Waals surface area contributed by atoms with Gasteiger partial charge in [0.2, 0.25) is 0 Å². The van der Waals surface area contributed by atoms with Gasteiger partial charge in [0.25, 0.3) is 0 Å². The molecule has 0 bridgehead atoms. The number of carbonyl (C=O) groups is 1. The van der Waals surface area contributed by atoms with Gasteiger partial charge in [0.1, 0.15) is 6.29 Å². The molecule has 0 aromatic heterocycles. The standard InChI is InChI=1S/C12H13Cl2NO2/c13-9-1-8(2-10(14)4-9)3-12-5-15-11(6-16)7-17-12/h1-2,4,6,11-12,15H,3,5,7H2/t11?,12-/m1/s1. The second kappa shape index (κ2) is 5.83. The minimum Gasteiger partial charge on any atom is -0.374 e. The maximum absolute atomic E-state index is 10.5. The molecule has 5 heteroatoms. The predicted molar refractivity (Wildman–Crippen MR) is 67.8 cm³/mol. The number of nitrogens with one attached hydrogen (secondary N) is 1. The minimum absolute atomic E-state index is 0.0562. The quantitative estimate of drug-likeness (QED) is 0.858. The number of aldehydes is 1. The number of rotatable bonds is 3. The monoisotopic (exact) mass is 273 g/mol. The maximum Gasteiger partial charge on any atom is 0.139 e. The Morgan fingerprint density at radius 1 is 1.35 bits per heavy atom. The summed E-state index contributed by atoms with van der Waals surface area (Å²) in [6.07, 6.45) is 1.66. The van der Waals surface area contributed by atoms with Crippen LogP contribution >= 0.6 is 23.2 Å². The first-order valence-corrected chi connectivity index (χ1v) is 6.18. The van der Waals surface area contributed by atoms with E-state index in [0.717, 1.165) is 18.3 Å². The Morgan fingerprint density at radius 2 is 2.06 bits per heavy atom. The van der Waals surface area contributed by atoms with E-state index in [4.69, 9.17) is 27.9 Å². The Balaban J connectivity index is 1.95. The van der Waals surface area contributed by atoms with Crippen LogP contribution in [0.5, 0.6) is 0 Å². The summed E-state index contributed by atoms with van der Waals surface area (Å²) in [5.74, 6) is 0. The molecule has 0 radical (unpaired) electrons. The van der Waals surface area contributed by atoms with E-state index < -0.39 is 0 Å². The summed E-state index contributed by atoms with van der Waals surface area (Å²) >= 11 is 11.9. The Hall–Kier alpha value is -0.610. The van der Waals surface area contributed by atoms with E-state index in [2.05, 4.69) is 5.32 Å². The molecule has 17 heavy (non-hydrogen) atoms. The summed E-state index contributed by atoms with van der Waals surface area (Å²) in [5, 5.41) is 4.36. The van der Waals surface area contributed by atoms with Crippen molar-refractivity contribution in [1.82, 2.24) is 5.32 Å². The summed E-state index contributed by atoms with van der Waals surface area (Å²) in [7, 11) is 0. The smallest absolute Gasteiger partial charge is 0.139 e. The molecule has 2 rings (SSSR count). The van der Waals surface area contributed by atoms with Crippen molar-refractivity contribution in [3.63, 3.8) is 0 Å². The van der Waals surface area contributed by atoms with E-state index >= 15 is 0 Å². The van der Waals surface area contributed by atoms with Gasteiger partial charge in [-0.1, -0.05) is 23.2 Å². The fourth-order valence-electron chi connectivity index (χ4n) is 1.85. The molecule has 0 saturated carbocycles. The van der Waals surface area contributed by atoms with Crippen LogP contribution in [0.4, 0.5) is 0 Å². The summed E-state index contributed by atoms with van der Waals surface area (Å²) in [6, 6.07) is 5.27. The Kier molecular flexibility index (Phi) is 4.40. The molecule has 1 aromatic rings. The second-order valence-corrected chi connectivity index (χ2v) is 4.96. The molecule has 1 saturated heterocycles. The second-order valence-electron chi connectivity index (χ2n) is 4.09. The fourth-order valence-corrected chi connectivity index (χ4v) is 2.42. The molecule has 92 valence electrons. The van der Waals surface area contributed by atoms with Crippen molar-refractivity contribution < 1.29 is 9.53 Å². The zero-order chi connectivity index (χ0) is 12.3. The lowest BCUT2D eigenvalue weighted by Crippen LogP contribution is -2.47. The number of carbonyl (C=O) groups excluding carboxylic acids is 1. The van der Waals surface area contributed by atoms with E-state index in [1.807, 2.05) is 12.1 Å². The van der Waals surface area contributed by atoms with Gasteiger partial charge in [-0.25, -0.2) is 0 Å². The van der Waals surface area contributed by atoms with Crippen molar-refractivity contribution in [3.8, 4) is 0 Å². The van der Waals surface area contributed by atoms with Crippen molar-refractivity contribution in [3.05, 3.63) is 33.8 Å². The zero-order valence-electron chi connectivity index (χ0n) is 9.16. The molecule has 1 N–H and O–H groups in total. The topological polar surface area (TPSA) is 38.3 Å². The predicted octanol–water partition coefficient (Wildman–Crippen LogP) is 2.09. The van der Waals surface area contributed by atoms with Crippen LogP contribution in [0.15, 0.2) is 18.2 Å². The first-order chi connectivity index (χ1) is 8.17. The number of benzene rings is 1. The first kappa shape index (κ1) is 12.8. The van der Waals surface area contributed by atoms with Crippen molar-refractivity contribution in [2.24, 2.45) is 0 Å². The molecule has 1 heterocycles. The lowest BCUT2D eigenvalue weighted by Gasteiger charge is -2.27. The highest BCUT2D eigenvalue weighted by atomic mass is 35.5. The molecule has 0 aliphatic carbocycles. The van der Waals surface area contributed by atoms with Crippen LogP contribution in [0.25, 0.3) is 0 Å². The van der Waals surface area contributed by atoms with Crippen LogP contribution in [0.2, 0.25) is 10.0 Å². The normalized spacial score (nSPS) is 24.6. The third kappa shape index (κ3) is 3.68. The first-order valence-electron chi connectivity index (χ1n) is 5.42. The van der Waals surface area contributed by atoms with Gasteiger partial charge >= 0.3 is 0 Å². The molecule has 0 spiro atoms. The largest absolute Gasteiger partial charge is 0.374 e. The summed E-state index contributed by atoms with van der Waals surface area (Å²) in [6.45, 7) is 1.08. The molecular formula is C12H13Cl2NO2. The van der Waals surface area contributed by atoms with Crippen LogP contribution < -0.4 is 5.32 Å². The van der Waals surface area contributed by atoms with Gasteiger partial charge in [-0.05, 0) is 30.2 Å². The fraction of sp³-hybridized carbons (Fsp3) is 0.417.